The lowest BCUT2D eigenvalue weighted by atomic mass is 10.1. The van der Waals surface area contributed by atoms with Crippen molar-refractivity contribution in [2.24, 2.45) is 0 Å². The number of hydrogen-bond donors (Lipinski definition) is 1. The monoisotopic (exact) mass is 362 g/mol. The van der Waals surface area contributed by atoms with Crippen molar-refractivity contribution in [1.82, 2.24) is 20.0 Å². The van der Waals surface area contributed by atoms with E-state index in [9.17, 15) is 9.59 Å². The van der Waals surface area contributed by atoms with Crippen molar-refractivity contribution in [3.05, 3.63) is 29.4 Å². The van der Waals surface area contributed by atoms with Crippen LogP contribution in [-0.2, 0) is 16.1 Å². The molecule has 1 atom stereocenters. The Morgan fingerprint density at radius 1 is 1.28 bits per heavy atom. The Morgan fingerprint density at radius 2 is 2.04 bits per heavy atom. The second kappa shape index (κ2) is 7.87. The Balaban J connectivity index is 1.53. The number of benzene rings is 1. The Labute approximate surface area is 152 Å². The van der Waals surface area contributed by atoms with Gasteiger partial charge < -0.3 is 10.2 Å². The summed E-state index contributed by atoms with van der Waals surface area (Å²) in [6.45, 7) is 3.77. The molecular weight excluding hydrogens is 340 g/mol. The minimum absolute atomic E-state index is 0.00405. The van der Waals surface area contributed by atoms with Crippen LogP contribution in [0.25, 0.3) is 10.9 Å². The van der Waals surface area contributed by atoms with Crippen LogP contribution in [0, 0.1) is 0 Å². The fourth-order valence-electron chi connectivity index (χ4n) is 3.22. The SMILES string of the molecule is CC(NC(=O)CCn1ncc2c(Cl)cccc21)C(=O)N1CCCCC1. The molecule has 1 saturated heterocycles. The minimum Gasteiger partial charge on any atom is -0.345 e. The molecule has 2 heterocycles. The summed E-state index contributed by atoms with van der Waals surface area (Å²) < 4.78 is 1.76. The standard InChI is InChI=1S/C18H23ClN4O2/c1-13(18(25)22-9-3-2-4-10-22)21-17(24)8-11-23-16-7-5-6-15(19)14(16)12-20-23/h5-7,12-13H,2-4,8-11H2,1H3,(H,21,24). The van der Waals surface area contributed by atoms with Gasteiger partial charge in [0, 0.05) is 24.9 Å². The number of aromatic nitrogens is 2. The average molecular weight is 363 g/mol. The zero-order valence-corrected chi connectivity index (χ0v) is 15.1. The zero-order valence-electron chi connectivity index (χ0n) is 14.4. The van der Waals surface area contributed by atoms with Crippen molar-refractivity contribution in [2.45, 2.75) is 45.2 Å². The van der Waals surface area contributed by atoms with Gasteiger partial charge in [-0.05, 0) is 38.3 Å². The second-order valence-electron chi connectivity index (χ2n) is 6.47. The number of halogens is 1. The molecule has 0 aliphatic carbocycles. The van der Waals surface area contributed by atoms with Crippen LogP contribution < -0.4 is 5.32 Å². The van der Waals surface area contributed by atoms with Gasteiger partial charge in [0.05, 0.1) is 23.3 Å². The van der Waals surface area contributed by atoms with Gasteiger partial charge in [-0.1, -0.05) is 17.7 Å². The van der Waals surface area contributed by atoms with Gasteiger partial charge in [-0.15, -0.1) is 0 Å². The Hall–Kier alpha value is -2.08. The van der Waals surface area contributed by atoms with Crippen LogP contribution in [0.1, 0.15) is 32.6 Å². The maximum Gasteiger partial charge on any atom is 0.244 e. The van der Waals surface area contributed by atoms with E-state index >= 15 is 0 Å². The molecule has 0 spiro atoms. The quantitative estimate of drug-likeness (QED) is 0.889. The van der Waals surface area contributed by atoms with Gasteiger partial charge >= 0.3 is 0 Å². The smallest absolute Gasteiger partial charge is 0.244 e. The molecule has 0 bridgehead atoms. The predicted octanol–water partition coefficient (Wildman–Crippen LogP) is 2.60. The molecule has 1 fully saturated rings. The fourth-order valence-corrected chi connectivity index (χ4v) is 3.44. The normalized spacial score (nSPS) is 16.0. The molecule has 1 aliphatic heterocycles. The number of nitrogens with zero attached hydrogens (tertiary/aromatic N) is 3. The van der Waals surface area contributed by atoms with E-state index in [2.05, 4.69) is 10.4 Å². The number of carbonyl (C=O) groups is 2. The number of nitrogens with one attached hydrogen (secondary N) is 1. The lowest BCUT2D eigenvalue weighted by molar-refractivity contribution is -0.136. The Morgan fingerprint density at radius 3 is 2.80 bits per heavy atom. The third-order valence-corrected chi connectivity index (χ3v) is 4.93. The van der Waals surface area contributed by atoms with Crippen molar-refractivity contribution in [1.29, 1.82) is 0 Å². The minimum atomic E-state index is -0.491. The highest BCUT2D eigenvalue weighted by Gasteiger charge is 2.23. The second-order valence-corrected chi connectivity index (χ2v) is 6.87. The van der Waals surface area contributed by atoms with Crippen LogP contribution >= 0.6 is 11.6 Å². The van der Waals surface area contributed by atoms with E-state index in [0.717, 1.165) is 36.8 Å². The lowest BCUT2D eigenvalue weighted by Gasteiger charge is -2.29. The van der Waals surface area contributed by atoms with E-state index in [4.69, 9.17) is 11.6 Å². The molecule has 1 aromatic carbocycles. The molecule has 1 aromatic heterocycles. The molecule has 3 rings (SSSR count). The third kappa shape index (κ3) is 4.12. The third-order valence-electron chi connectivity index (χ3n) is 4.60. The van der Waals surface area contributed by atoms with Crippen molar-refractivity contribution in [3.8, 4) is 0 Å². The van der Waals surface area contributed by atoms with E-state index in [1.165, 1.54) is 6.42 Å². The van der Waals surface area contributed by atoms with E-state index in [1.54, 1.807) is 17.8 Å². The number of piperidine rings is 1. The number of carbonyl (C=O) groups excluding carboxylic acids is 2. The number of amides is 2. The van der Waals surface area contributed by atoms with Gasteiger partial charge in [-0.25, -0.2) is 0 Å². The molecule has 134 valence electrons. The van der Waals surface area contributed by atoms with Gasteiger partial charge in [-0.3, -0.25) is 14.3 Å². The molecule has 6 nitrogen and oxygen atoms in total. The van der Waals surface area contributed by atoms with Crippen LogP contribution in [0.4, 0.5) is 0 Å². The number of fused-ring (bicyclic) bond motifs is 1. The van der Waals surface area contributed by atoms with Gasteiger partial charge in [0.15, 0.2) is 0 Å². The van der Waals surface area contributed by atoms with Gasteiger partial charge in [0.2, 0.25) is 11.8 Å². The van der Waals surface area contributed by atoms with Crippen molar-refractivity contribution >= 4 is 34.3 Å². The van der Waals surface area contributed by atoms with Crippen molar-refractivity contribution in [2.75, 3.05) is 13.1 Å². The fraction of sp³-hybridized carbons (Fsp3) is 0.500. The molecular formula is C18H23ClN4O2. The molecule has 1 unspecified atom stereocenters. The summed E-state index contributed by atoms with van der Waals surface area (Å²) in [5.41, 5.74) is 0.901. The largest absolute Gasteiger partial charge is 0.345 e. The highest BCUT2D eigenvalue weighted by molar-refractivity contribution is 6.35. The summed E-state index contributed by atoms with van der Waals surface area (Å²) in [6.07, 6.45) is 5.23. The number of rotatable bonds is 5. The Kier molecular flexibility index (Phi) is 5.58. The van der Waals surface area contributed by atoms with Crippen LogP contribution in [0.15, 0.2) is 24.4 Å². The van der Waals surface area contributed by atoms with E-state index in [1.807, 2.05) is 23.1 Å². The van der Waals surface area contributed by atoms with E-state index < -0.39 is 6.04 Å². The summed E-state index contributed by atoms with van der Waals surface area (Å²) >= 11 is 6.14. The maximum atomic E-state index is 12.4. The zero-order chi connectivity index (χ0) is 17.8. The summed E-state index contributed by atoms with van der Waals surface area (Å²) in [4.78, 5) is 26.4. The summed E-state index contributed by atoms with van der Waals surface area (Å²) in [5.74, 6) is -0.145. The maximum absolute atomic E-state index is 12.4. The first kappa shape index (κ1) is 17.7. The highest BCUT2D eigenvalue weighted by atomic mass is 35.5. The molecule has 2 amide bonds. The molecule has 1 aliphatic rings. The van der Waals surface area contributed by atoms with Crippen molar-refractivity contribution in [3.63, 3.8) is 0 Å². The van der Waals surface area contributed by atoms with Gasteiger partial charge in [0.25, 0.3) is 0 Å². The number of aryl methyl sites for hydroxylation is 1. The molecule has 1 N–H and O–H groups in total. The average Bonchev–Trinajstić information content (AvgIpc) is 3.04. The summed E-state index contributed by atoms with van der Waals surface area (Å²) in [6, 6.07) is 5.11. The van der Waals surface area contributed by atoms with Gasteiger partial charge in [-0.2, -0.15) is 5.10 Å². The highest BCUT2D eigenvalue weighted by Crippen LogP contribution is 2.22. The number of likely N-dealkylation sites (tertiary alicyclic amines) is 1. The molecule has 0 saturated carbocycles. The first-order valence-corrected chi connectivity index (χ1v) is 9.12. The molecule has 2 aromatic rings. The van der Waals surface area contributed by atoms with Crippen LogP contribution in [0.2, 0.25) is 5.02 Å². The van der Waals surface area contributed by atoms with Crippen LogP contribution in [0.3, 0.4) is 0 Å². The van der Waals surface area contributed by atoms with Crippen LogP contribution in [-0.4, -0.2) is 45.6 Å². The lowest BCUT2D eigenvalue weighted by Crippen LogP contribution is -2.48. The first-order chi connectivity index (χ1) is 12.1. The molecule has 7 heteroatoms. The van der Waals surface area contributed by atoms with Gasteiger partial charge in [0.1, 0.15) is 6.04 Å². The Bertz CT molecular complexity index is 768. The summed E-state index contributed by atoms with van der Waals surface area (Å²) in [7, 11) is 0. The molecule has 0 radical (unpaired) electrons. The number of hydrogen-bond acceptors (Lipinski definition) is 3. The summed E-state index contributed by atoms with van der Waals surface area (Å²) in [5, 5.41) is 8.61. The predicted molar refractivity (Wildman–Crippen MR) is 97.4 cm³/mol. The first-order valence-electron chi connectivity index (χ1n) is 8.74. The van der Waals surface area contributed by atoms with Crippen LogP contribution in [0.5, 0.6) is 0 Å². The topological polar surface area (TPSA) is 67.2 Å². The molecule has 25 heavy (non-hydrogen) atoms. The van der Waals surface area contributed by atoms with Crippen molar-refractivity contribution < 1.29 is 9.59 Å². The van der Waals surface area contributed by atoms with E-state index in [0.29, 0.717) is 11.6 Å². The van der Waals surface area contributed by atoms with E-state index in [-0.39, 0.29) is 18.2 Å².